The van der Waals surface area contributed by atoms with Gasteiger partial charge in [-0.1, -0.05) is 38.1 Å². The summed E-state index contributed by atoms with van der Waals surface area (Å²) in [7, 11) is 1.67. The van der Waals surface area contributed by atoms with Crippen LogP contribution in [0.15, 0.2) is 24.3 Å². The fourth-order valence-electron chi connectivity index (χ4n) is 3.48. The molecule has 0 atom stereocenters. The standard InChI is InChI=1S/C13H19NO.C9H10.C2H6/c1-7-8(2)10(4)12(13(15)14-6)11(5)9(7)3;1-2-5-9-7-3-6-8(9)4-1;1-2/h1-6H3,(H,14,15);1-2,4-5H,3,6-7H2;1-2H3. The van der Waals surface area contributed by atoms with E-state index >= 15 is 0 Å². The number of rotatable bonds is 1. The van der Waals surface area contributed by atoms with E-state index in [0.717, 1.165) is 16.7 Å². The first-order valence-electron chi connectivity index (χ1n) is 9.74. The summed E-state index contributed by atoms with van der Waals surface area (Å²) in [6.07, 6.45) is 3.96. The summed E-state index contributed by atoms with van der Waals surface area (Å²) in [5.74, 6) is 0.0104. The van der Waals surface area contributed by atoms with Crippen LogP contribution >= 0.6 is 0 Å². The van der Waals surface area contributed by atoms with Gasteiger partial charge in [-0.3, -0.25) is 4.79 Å². The molecule has 2 nitrogen and oxygen atoms in total. The second-order valence-electron chi connectivity index (χ2n) is 6.70. The molecule has 0 bridgehead atoms. The molecule has 0 spiro atoms. The SMILES string of the molecule is CC.CNC(=O)c1c(C)c(C)c(C)c(C)c1C.c1ccc2c(c1)CCC2. The number of hydrogen-bond donors (Lipinski definition) is 1. The molecule has 142 valence electrons. The van der Waals surface area contributed by atoms with E-state index in [1.807, 2.05) is 27.7 Å². The van der Waals surface area contributed by atoms with Gasteiger partial charge < -0.3 is 5.32 Å². The van der Waals surface area contributed by atoms with Crippen LogP contribution in [0, 0.1) is 34.6 Å². The van der Waals surface area contributed by atoms with E-state index in [2.05, 4.69) is 50.4 Å². The van der Waals surface area contributed by atoms with Crippen molar-refractivity contribution >= 4 is 5.91 Å². The summed E-state index contributed by atoms with van der Waals surface area (Å²) in [5.41, 5.74) is 9.88. The number of nitrogens with one attached hydrogen (secondary N) is 1. The molecule has 0 radical (unpaired) electrons. The largest absolute Gasteiger partial charge is 0.355 e. The molecule has 2 aromatic rings. The van der Waals surface area contributed by atoms with Crippen LogP contribution in [0.5, 0.6) is 0 Å². The van der Waals surface area contributed by atoms with Crippen molar-refractivity contribution in [3.63, 3.8) is 0 Å². The monoisotopic (exact) mass is 353 g/mol. The summed E-state index contributed by atoms with van der Waals surface area (Å²) in [6.45, 7) is 14.3. The number of carbonyl (C=O) groups excluding carboxylic acids is 1. The highest BCUT2D eigenvalue weighted by atomic mass is 16.1. The van der Waals surface area contributed by atoms with Gasteiger partial charge in [-0.15, -0.1) is 0 Å². The highest BCUT2D eigenvalue weighted by Crippen LogP contribution is 2.25. The van der Waals surface area contributed by atoms with Crippen molar-refractivity contribution in [2.75, 3.05) is 7.05 Å². The van der Waals surface area contributed by atoms with Crippen LogP contribution in [-0.2, 0) is 12.8 Å². The molecular weight excluding hydrogens is 318 g/mol. The van der Waals surface area contributed by atoms with Crippen LogP contribution in [0.4, 0.5) is 0 Å². The van der Waals surface area contributed by atoms with E-state index in [9.17, 15) is 4.79 Å². The lowest BCUT2D eigenvalue weighted by molar-refractivity contribution is 0.0961. The average molecular weight is 354 g/mol. The zero-order valence-corrected chi connectivity index (χ0v) is 17.8. The first-order chi connectivity index (χ1) is 12.4. The van der Waals surface area contributed by atoms with Gasteiger partial charge in [0.05, 0.1) is 0 Å². The lowest BCUT2D eigenvalue weighted by Gasteiger charge is -2.17. The molecule has 0 aliphatic heterocycles. The maximum atomic E-state index is 11.8. The molecule has 0 saturated carbocycles. The van der Waals surface area contributed by atoms with Crippen molar-refractivity contribution in [3.05, 3.63) is 68.8 Å². The molecule has 0 fully saturated rings. The zero-order valence-electron chi connectivity index (χ0n) is 17.8. The van der Waals surface area contributed by atoms with Crippen molar-refractivity contribution in [3.8, 4) is 0 Å². The Bertz CT molecular complexity index is 707. The molecule has 1 amide bonds. The molecule has 1 N–H and O–H groups in total. The van der Waals surface area contributed by atoms with Crippen LogP contribution in [0.2, 0.25) is 0 Å². The third-order valence-corrected chi connectivity index (χ3v) is 5.46. The Morgan fingerprint density at radius 3 is 1.54 bits per heavy atom. The Balaban J connectivity index is 0.000000259. The summed E-state index contributed by atoms with van der Waals surface area (Å²) < 4.78 is 0. The van der Waals surface area contributed by atoms with Crippen molar-refractivity contribution in [2.45, 2.75) is 67.7 Å². The van der Waals surface area contributed by atoms with Crippen LogP contribution in [0.1, 0.15) is 69.6 Å². The minimum absolute atomic E-state index is 0.0104. The minimum Gasteiger partial charge on any atom is -0.355 e. The number of benzene rings is 2. The molecular formula is C24H35NO. The van der Waals surface area contributed by atoms with Crippen LogP contribution in [0.3, 0.4) is 0 Å². The van der Waals surface area contributed by atoms with E-state index in [4.69, 9.17) is 0 Å². The van der Waals surface area contributed by atoms with Gasteiger partial charge in [-0.2, -0.15) is 0 Å². The van der Waals surface area contributed by atoms with Crippen LogP contribution < -0.4 is 5.32 Å². The third kappa shape index (κ3) is 4.75. The van der Waals surface area contributed by atoms with Gasteiger partial charge in [0.1, 0.15) is 0 Å². The molecule has 0 heterocycles. The smallest absolute Gasteiger partial charge is 0.251 e. The fraction of sp³-hybridized carbons (Fsp3) is 0.458. The molecule has 0 saturated heterocycles. The molecule has 26 heavy (non-hydrogen) atoms. The number of hydrogen-bond acceptors (Lipinski definition) is 1. The second-order valence-corrected chi connectivity index (χ2v) is 6.70. The first-order valence-corrected chi connectivity index (χ1v) is 9.74. The number of amides is 1. The number of aryl methyl sites for hydroxylation is 2. The topological polar surface area (TPSA) is 29.1 Å². The van der Waals surface area contributed by atoms with Crippen LogP contribution in [0.25, 0.3) is 0 Å². The molecule has 3 rings (SSSR count). The van der Waals surface area contributed by atoms with Gasteiger partial charge in [-0.05, 0) is 92.8 Å². The Labute approximate surface area is 160 Å². The average Bonchev–Trinajstić information content (AvgIpc) is 3.15. The van der Waals surface area contributed by atoms with Gasteiger partial charge in [-0.25, -0.2) is 0 Å². The van der Waals surface area contributed by atoms with Gasteiger partial charge in [0.25, 0.3) is 5.91 Å². The van der Waals surface area contributed by atoms with Gasteiger partial charge in [0.15, 0.2) is 0 Å². The number of fused-ring (bicyclic) bond motifs is 1. The van der Waals surface area contributed by atoms with E-state index in [0.29, 0.717) is 0 Å². The minimum atomic E-state index is 0.0104. The predicted molar refractivity (Wildman–Crippen MR) is 113 cm³/mol. The van der Waals surface area contributed by atoms with Gasteiger partial charge >= 0.3 is 0 Å². The van der Waals surface area contributed by atoms with Crippen molar-refractivity contribution < 1.29 is 4.79 Å². The maximum absolute atomic E-state index is 11.8. The van der Waals surface area contributed by atoms with Crippen LogP contribution in [-0.4, -0.2) is 13.0 Å². The van der Waals surface area contributed by atoms with E-state index < -0.39 is 0 Å². The normalized spacial score (nSPS) is 11.5. The zero-order chi connectivity index (χ0) is 19.9. The number of carbonyl (C=O) groups is 1. The molecule has 2 aromatic carbocycles. The summed E-state index contributed by atoms with van der Waals surface area (Å²) in [6, 6.07) is 8.74. The molecule has 1 aliphatic carbocycles. The molecule has 0 aromatic heterocycles. The fourth-order valence-corrected chi connectivity index (χ4v) is 3.48. The van der Waals surface area contributed by atoms with Gasteiger partial charge in [0, 0.05) is 12.6 Å². The Morgan fingerprint density at radius 1 is 0.769 bits per heavy atom. The molecule has 1 aliphatic rings. The lowest BCUT2D eigenvalue weighted by atomic mass is 9.89. The summed E-state index contributed by atoms with van der Waals surface area (Å²) >= 11 is 0. The predicted octanol–water partition coefficient (Wildman–Crippen LogP) is 5.79. The van der Waals surface area contributed by atoms with Crippen molar-refractivity contribution in [2.24, 2.45) is 0 Å². The quantitative estimate of drug-likeness (QED) is 0.691. The lowest BCUT2D eigenvalue weighted by Crippen LogP contribution is -2.21. The highest BCUT2D eigenvalue weighted by molar-refractivity contribution is 5.97. The highest BCUT2D eigenvalue weighted by Gasteiger charge is 2.16. The Morgan fingerprint density at radius 2 is 1.15 bits per heavy atom. The summed E-state index contributed by atoms with van der Waals surface area (Å²) in [5, 5.41) is 2.70. The first kappa shape index (κ1) is 22.0. The molecule has 0 unspecified atom stereocenters. The van der Waals surface area contributed by atoms with Gasteiger partial charge in [0.2, 0.25) is 0 Å². The van der Waals surface area contributed by atoms with Crippen molar-refractivity contribution in [1.29, 1.82) is 0 Å². The third-order valence-electron chi connectivity index (χ3n) is 5.46. The Hall–Kier alpha value is -2.09. The maximum Gasteiger partial charge on any atom is 0.251 e. The molecule has 2 heteroatoms. The summed E-state index contributed by atoms with van der Waals surface area (Å²) in [4.78, 5) is 11.8. The van der Waals surface area contributed by atoms with E-state index in [-0.39, 0.29) is 5.91 Å². The van der Waals surface area contributed by atoms with E-state index in [1.165, 1.54) is 36.0 Å². The van der Waals surface area contributed by atoms with E-state index in [1.54, 1.807) is 18.2 Å². The second kappa shape index (κ2) is 10.2. The van der Waals surface area contributed by atoms with Crippen molar-refractivity contribution in [1.82, 2.24) is 5.32 Å². The Kier molecular flexibility index (Phi) is 8.57.